The van der Waals surface area contributed by atoms with Crippen LogP contribution in [0.1, 0.15) is 32.8 Å². The molecule has 1 aromatic heterocycles. The number of hydrogen-bond acceptors (Lipinski definition) is 4. The van der Waals surface area contributed by atoms with E-state index in [2.05, 4.69) is 5.16 Å². The average Bonchev–Trinajstić information content (AvgIpc) is 3.45. The third-order valence-corrected chi connectivity index (χ3v) is 5.85. The summed E-state index contributed by atoms with van der Waals surface area (Å²) in [5.41, 5.74) is 0.996. The summed E-state index contributed by atoms with van der Waals surface area (Å²) in [6.45, 7) is 0.296. The van der Waals surface area contributed by atoms with Gasteiger partial charge in [-0.15, -0.1) is 11.3 Å². The fourth-order valence-corrected chi connectivity index (χ4v) is 4.10. The van der Waals surface area contributed by atoms with E-state index < -0.39 is 17.8 Å². The fourth-order valence-electron chi connectivity index (χ4n) is 3.41. The Kier molecular flexibility index (Phi) is 6.27. The normalized spacial score (nSPS) is 15.9. The van der Waals surface area contributed by atoms with Crippen LogP contribution in [0.5, 0.6) is 0 Å². The van der Waals surface area contributed by atoms with E-state index in [1.165, 1.54) is 40.5 Å². The predicted molar refractivity (Wildman–Crippen MR) is 113 cm³/mol. The van der Waals surface area contributed by atoms with Gasteiger partial charge in [-0.3, -0.25) is 4.79 Å². The molecule has 0 fully saturated rings. The molecule has 32 heavy (non-hydrogen) atoms. The number of rotatable bonds is 6. The van der Waals surface area contributed by atoms with Crippen molar-refractivity contribution in [3.05, 3.63) is 93.4 Å². The second-order valence-corrected chi connectivity index (χ2v) is 8.29. The number of thiophene rings is 1. The molecule has 1 amide bonds. The lowest BCUT2D eigenvalue weighted by Gasteiger charge is -2.24. The molecule has 2 heterocycles. The summed E-state index contributed by atoms with van der Waals surface area (Å²) in [4.78, 5) is 20.6. The largest absolute Gasteiger partial charge is 0.416 e. The van der Waals surface area contributed by atoms with Gasteiger partial charge >= 0.3 is 6.18 Å². The van der Waals surface area contributed by atoms with Gasteiger partial charge in [0.25, 0.3) is 5.91 Å². The lowest BCUT2D eigenvalue weighted by atomic mass is 10.0. The molecule has 2 aromatic carbocycles. The summed E-state index contributed by atoms with van der Waals surface area (Å²) in [7, 11) is 0. The van der Waals surface area contributed by atoms with Crippen LogP contribution in [-0.2, 0) is 17.6 Å². The number of oxime groups is 1. The predicted octanol–water partition coefficient (Wildman–Crippen LogP) is 5.74. The molecule has 166 valence electrons. The smallest absolute Gasteiger partial charge is 0.390 e. The van der Waals surface area contributed by atoms with Crippen LogP contribution in [0.2, 0.25) is 0 Å². The average molecular weight is 462 g/mol. The van der Waals surface area contributed by atoms with Crippen molar-refractivity contribution < 1.29 is 27.2 Å². The number of alkyl halides is 3. The Morgan fingerprint density at radius 1 is 1.12 bits per heavy atom. The number of halogens is 4. The molecule has 3 aromatic rings. The van der Waals surface area contributed by atoms with Crippen molar-refractivity contribution in [1.82, 2.24) is 4.90 Å². The Labute approximate surface area is 185 Å². The first-order valence-corrected chi connectivity index (χ1v) is 10.6. The molecular formula is C23H18F4N2O2S. The minimum atomic E-state index is -4.42. The molecule has 4 nitrogen and oxygen atoms in total. The van der Waals surface area contributed by atoms with Gasteiger partial charge in [-0.05, 0) is 41.3 Å². The number of carbonyl (C=O) groups excluding carboxylic acids is 1. The van der Waals surface area contributed by atoms with Gasteiger partial charge < -0.3 is 9.74 Å². The van der Waals surface area contributed by atoms with Crippen molar-refractivity contribution in [3.8, 4) is 0 Å². The van der Waals surface area contributed by atoms with Gasteiger partial charge in [0.15, 0.2) is 6.10 Å². The number of amides is 1. The highest BCUT2D eigenvalue weighted by atomic mass is 32.1. The topological polar surface area (TPSA) is 41.9 Å². The summed E-state index contributed by atoms with van der Waals surface area (Å²) in [5.74, 6) is -0.631. The summed E-state index contributed by atoms with van der Waals surface area (Å²) in [6, 6.07) is 14.2. The Morgan fingerprint density at radius 2 is 1.91 bits per heavy atom. The minimum absolute atomic E-state index is 0.115. The van der Waals surface area contributed by atoms with Gasteiger partial charge in [-0.1, -0.05) is 35.5 Å². The van der Waals surface area contributed by atoms with Gasteiger partial charge in [0, 0.05) is 18.5 Å². The van der Waals surface area contributed by atoms with E-state index in [0.717, 1.165) is 12.1 Å². The van der Waals surface area contributed by atoms with Crippen molar-refractivity contribution in [3.63, 3.8) is 0 Å². The maximum atomic E-state index is 13.5. The van der Waals surface area contributed by atoms with Crippen LogP contribution in [0.4, 0.5) is 17.6 Å². The Balaban J connectivity index is 1.49. The maximum absolute atomic E-state index is 13.5. The van der Waals surface area contributed by atoms with E-state index in [4.69, 9.17) is 4.84 Å². The van der Waals surface area contributed by atoms with Crippen LogP contribution in [-0.4, -0.2) is 29.2 Å². The molecule has 9 heteroatoms. The van der Waals surface area contributed by atoms with Gasteiger partial charge in [-0.25, -0.2) is 4.39 Å². The lowest BCUT2D eigenvalue weighted by molar-refractivity contribution is -0.137. The van der Waals surface area contributed by atoms with Crippen molar-refractivity contribution in [2.24, 2.45) is 5.16 Å². The molecule has 0 N–H and O–H groups in total. The Hall–Kier alpha value is -3.20. The molecule has 0 aliphatic carbocycles. The summed E-state index contributed by atoms with van der Waals surface area (Å²) in [5, 5.41) is 5.82. The van der Waals surface area contributed by atoms with E-state index in [0.29, 0.717) is 28.1 Å². The van der Waals surface area contributed by atoms with E-state index in [9.17, 15) is 22.4 Å². The first-order chi connectivity index (χ1) is 15.3. The van der Waals surface area contributed by atoms with Crippen LogP contribution >= 0.6 is 11.3 Å². The molecule has 1 aliphatic rings. The molecule has 0 saturated heterocycles. The second-order valence-electron chi connectivity index (χ2n) is 7.34. The SMILES string of the molecule is O=C(c1cccs1)N(Cc1ccc(C(F)(F)F)cc1)C[C@@H]1CC(c2cccc(F)c2)=NO1. The van der Waals surface area contributed by atoms with E-state index in [1.54, 1.807) is 29.6 Å². The van der Waals surface area contributed by atoms with Gasteiger partial charge in [0.1, 0.15) is 5.82 Å². The molecule has 0 bridgehead atoms. The number of hydrogen-bond donors (Lipinski definition) is 0. The first-order valence-electron chi connectivity index (χ1n) is 9.77. The highest BCUT2D eigenvalue weighted by Crippen LogP contribution is 2.29. The van der Waals surface area contributed by atoms with Crippen LogP contribution in [0.3, 0.4) is 0 Å². The minimum Gasteiger partial charge on any atom is -0.390 e. The molecule has 0 unspecified atom stereocenters. The second kappa shape index (κ2) is 9.12. The van der Waals surface area contributed by atoms with Crippen molar-refractivity contribution in [1.29, 1.82) is 0 Å². The molecule has 4 rings (SSSR count). The summed E-state index contributed by atoms with van der Waals surface area (Å²) < 4.78 is 52.1. The number of benzene rings is 2. The highest BCUT2D eigenvalue weighted by Gasteiger charge is 2.31. The lowest BCUT2D eigenvalue weighted by Crippen LogP contribution is -2.37. The quantitative estimate of drug-likeness (QED) is 0.439. The van der Waals surface area contributed by atoms with Crippen LogP contribution < -0.4 is 0 Å². The maximum Gasteiger partial charge on any atom is 0.416 e. The summed E-state index contributed by atoms with van der Waals surface area (Å²) >= 11 is 1.28. The highest BCUT2D eigenvalue weighted by molar-refractivity contribution is 7.12. The zero-order valence-corrected chi connectivity index (χ0v) is 17.5. The zero-order chi connectivity index (χ0) is 22.7. The third-order valence-electron chi connectivity index (χ3n) is 4.99. The van der Waals surface area contributed by atoms with Crippen LogP contribution in [0.15, 0.2) is 71.2 Å². The Bertz CT molecular complexity index is 1110. The van der Waals surface area contributed by atoms with Gasteiger partial charge in [0.2, 0.25) is 0 Å². The van der Waals surface area contributed by atoms with Crippen LogP contribution in [0.25, 0.3) is 0 Å². The third kappa shape index (κ3) is 5.16. The number of carbonyl (C=O) groups is 1. The fraction of sp³-hybridized carbons (Fsp3) is 0.217. The standard InChI is InChI=1S/C23H18F4N2O2S/c24-18-4-1-3-16(11-18)20-12-19(31-28-20)14-29(22(30)21-5-2-10-32-21)13-15-6-8-17(9-7-15)23(25,26)27/h1-11,19H,12-14H2/t19-/m0/s1. The molecule has 1 aliphatic heterocycles. The van der Waals surface area contributed by atoms with Gasteiger partial charge in [0.05, 0.1) is 22.7 Å². The van der Waals surface area contributed by atoms with E-state index in [1.807, 2.05) is 0 Å². The van der Waals surface area contributed by atoms with Crippen molar-refractivity contribution in [2.45, 2.75) is 25.2 Å². The van der Waals surface area contributed by atoms with E-state index >= 15 is 0 Å². The molecule has 0 spiro atoms. The monoisotopic (exact) mass is 462 g/mol. The van der Waals surface area contributed by atoms with E-state index in [-0.39, 0.29) is 24.8 Å². The zero-order valence-electron chi connectivity index (χ0n) is 16.7. The first kappa shape index (κ1) is 22.0. The molecule has 1 atom stereocenters. The van der Waals surface area contributed by atoms with Crippen molar-refractivity contribution in [2.75, 3.05) is 6.54 Å². The van der Waals surface area contributed by atoms with Crippen molar-refractivity contribution >= 4 is 23.0 Å². The Morgan fingerprint density at radius 3 is 2.56 bits per heavy atom. The number of nitrogens with zero attached hydrogens (tertiary/aromatic N) is 2. The molecular weight excluding hydrogens is 444 g/mol. The van der Waals surface area contributed by atoms with Crippen LogP contribution in [0, 0.1) is 5.82 Å². The molecule has 0 radical (unpaired) electrons. The molecule has 0 saturated carbocycles. The summed E-state index contributed by atoms with van der Waals surface area (Å²) in [6.07, 6.45) is -4.50. The van der Waals surface area contributed by atoms with Gasteiger partial charge in [-0.2, -0.15) is 13.2 Å².